The molecule has 1 amide bonds. The minimum atomic E-state index is -2.11. The summed E-state index contributed by atoms with van der Waals surface area (Å²) in [5.41, 5.74) is 1.22. The number of amides is 1. The molecule has 3 nitrogen and oxygen atoms in total. The van der Waals surface area contributed by atoms with E-state index in [-0.39, 0.29) is 5.91 Å². The van der Waals surface area contributed by atoms with Crippen molar-refractivity contribution in [2.75, 3.05) is 5.32 Å². The first-order valence-corrected chi connectivity index (χ1v) is 8.74. The molecule has 0 aromatic heterocycles. The molecular weight excluding hydrogens is 293 g/mol. The Morgan fingerprint density at radius 1 is 1.00 bits per heavy atom. The number of nitrogens with one attached hydrogen (secondary N) is 1. The van der Waals surface area contributed by atoms with Crippen molar-refractivity contribution in [2.24, 2.45) is 0 Å². The molecule has 0 radical (unpaired) electrons. The Morgan fingerprint density at radius 3 is 2.28 bits per heavy atom. The van der Waals surface area contributed by atoms with Gasteiger partial charge >= 0.3 is 110 Å². The van der Waals surface area contributed by atoms with Gasteiger partial charge in [0.15, 0.2) is 0 Å². The summed E-state index contributed by atoms with van der Waals surface area (Å²) >= 11 is -2.11. The number of benzene rings is 2. The van der Waals surface area contributed by atoms with Crippen molar-refractivity contribution < 1.29 is 8.63 Å². The summed E-state index contributed by atoms with van der Waals surface area (Å²) < 4.78 is 12.3. The molecule has 92 valence electrons. The Morgan fingerprint density at radius 2 is 1.61 bits per heavy atom. The second-order valence-corrected chi connectivity index (χ2v) is 6.60. The summed E-state index contributed by atoms with van der Waals surface area (Å²) in [6.45, 7) is 0. The Kier molecular flexibility index (Phi) is 4.03. The standard InChI is InChI=1S/C14H13NO2Se/c1-18(17)13-10-6-5-9-12(13)14(16)15-11-7-3-2-4-8-11/h2-10H,1H3,(H,15,16). The van der Waals surface area contributed by atoms with E-state index in [1.807, 2.05) is 30.3 Å². The SMILES string of the molecule is C[Se](=O)c1ccccc1C(=O)Nc1ccccc1. The van der Waals surface area contributed by atoms with Gasteiger partial charge in [-0.15, -0.1) is 0 Å². The maximum absolute atomic E-state index is 12.1. The molecule has 0 heterocycles. The van der Waals surface area contributed by atoms with Gasteiger partial charge in [-0.3, -0.25) is 0 Å². The summed E-state index contributed by atoms with van der Waals surface area (Å²) in [5, 5.41) is 2.80. The molecule has 1 atom stereocenters. The van der Waals surface area contributed by atoms with E-state index in [2.05, 4.69) is 5.32 Å². The Labute approximate surface area is 110 Å². The van der Waals surface area contributed by atoms with E-state index in [9.17, 15) is 8.63 Å². The Bertz CT molecular complexity index is 581. The summed E-state index contributed by atoms with van der Waals surface area (Å²) in [5.74, 6) is 1.44. The fraction of sp³-hybridized carbons (Fsp3) is 0.0714. The first-order chi connectivity index (χ1) is 8.68. The van der Waals surface area contributed by atoms with Gasteiger partial charge in [-0.25, -0.2) is 0 Å². The molecular formula is C14H13NO2Se. The van der Waals surface area contributed by atoms with Crippen LogP contribution in [0.4, 0.5) is 5.69 Å². The molecule has 0 spiro atoms. The molecule has 2 aromatic rings. The van der Waals surface area contributed by atoms with Crippen LogP contribution < -0.4 is 9.78 Å². The zero-order valence-corrected chi connectivity index (χ0v) is 11.6. The number of para-hydroxylation sites is 1. The molecule has 18 heavy (non-hydrogen) atoms. The number of rotatable bonds is 3. The van der Waals surface area contributed by atoms with Crippen molar-refractivity contribution >= 4 is 29.9 Å². The van der Waals surface area contributed by atoms with Crippen LogP contribution in [0.3, 0.4) is 0 Å². The number of anilines is 1. The van der Waals surface area contributed by atoms with Gasteiger partial charge in [-0.05, 0) is 0 Å². The number of hydrogen-bond donors (Lipinski definition) is 1. The predicted octanol–water partition coefficient (Wildman–Crippen LogP) is 2.20. The summed E-state index contributed by atoms with van der Waals surface area (Å²) in [6.07, 6.45) is 0. The fourth-order valence-electron chi connectivity index (χ4n) is 1.62. The quantitative estimate of drug-likeness (QED) is 0.884. The third-order valence-electron chi connectivity index (χ3n) is 2.47. The van der Waals surface area contributed by atoms with Crippen LogP contribution in [0.15, 0.2) is 54.6 Å². The van der Waals surface area contributed by atoms with Crippen LogP contribution >= 0.6 is 0 Å². The van der Waals surface area contributed by atoms with Crippen molar-refractivity contribution in [3.63, 3.8) is 0 Å². The van der Waals surface area contributed by atoms with Gasteiger partial charge in [0.25, 0.3) is 0 Å². The number of carbonyl (C=O) groups is 1. The second-order valence-electron chi connectivity index (χ2n) is 3.77. The van der Waals surface area contributed by atoms with Gasteiger partial charge in [-0.1, -0.05) is 0 Å². The van der Waals surface area contributed by atoms with E-state index in [1.165, 1.54) is 0 Å². The van der Waals surface area contributed by atoms with Crippen LogP contribution in [0.5, 0.6) is 0 Å². The molecule has 0 aliphatic heterocycles. The van der Waals surface area contributed by atoms with Crippen molar-refractivity contribution in [1.29, 1.82) is 0 Å². The number of hydrogen-bond acceptors (Lipinski definition) is 2. The van der Waals surface area contributed by atoms with Crippen molar-refractivity contribution in [3.05, 3.63) is 60.2 Å². The molecule has 2 rings (SSSR count). The van der Waals surface area contributed by atoms with Gasteiger partial charge in [0.1, 0.15) is 0 Å². The Balaban J connectivity index is 2.27. The Hall–Kier alpha value is -1.77. The first-order valence-electron chi connectivity index (χ1n) is 5.47. The van der Waals surface area contributed by atoms with Gasteiger partial charge in [0.05, 0.1) is 0 Å². The molecule has 0 fully saturated rings. The number of carbonyl (C=O) groups excluding carboxylic acids is 1. The predicted molar refractivity (Wildman–Crippen MR) is 72.8 cm³/mol. The molecule has 0 bridgehead atoms. The second kappa shape index (κ2) is 5.71. The van der Waals surface area contributed by atoms with Gasteiger partial charge in [-0.2, -0.15) is 0 Å². The molecule has 1 unspecified atom stereocenters. The monoisotopic (exact) mass is 307 g/mol. The molecule has 0 saturated carbocycles. The zero-order valence-electron chi connectivity index (χ0n) is 9.92. The van der Waals surface area contributed by atoms with Crippen LogP contribution in [-0.4, -0.2) is 19.7 Å². The van der Waals surface area contributed by atoms with Crippen LogP contribution in [-0.2, 0) is 3.83 Å². The first kappa shape index (κ1) is 12.7. The molecule has 0 aliphatic carbocycles. The molecule has 0 aliphatic rings. The third-order valence-corrected chi connectivity index (χ3v) is 4.52. The van der Waals surface area contributed by atoms with Crippen LogP contribution in [0, 0.1) is 0 Å². The molecule has 2 aromatic carbocycles. The zero-order chi connectivity index (χ0) is 13.0. The maximum atomic E-state index is 12.1. The molecule has 4 heteroatoms. The van der Waals surface area contributed by atoms with Crippen LogP contribution in [0.25, 0.3) is 0 Å². The van der Waals surface area contributed by atoms with Crippen molar-refractivity contribution in [3.8, 4) is 0 Å². The summed E-state index contributed by atoms with van der Waals surface area (Å²) in [7, 11) is 0. The average molecular weight is 306 g/mol. The molecule has 1 N–H and O–H groups in total. The minimum absolute atomic E-state index is 0.219. The van der Waals surface area contributed by atoms with E-state index in [1.54, 1.807) is 30.1 Å². The molecule has 0 saturated heterocycles. The fourth-order valence-corrected chi connectivity index (χ4v) is 3.18. The van der Waals surface area contributed by atoms with E-state index in [0.717, 1.165) is 5.69 Å². The van der Waals surface area contributed by atoms with Gasteiger partial charge in [0.2, 0.25) is 0 Å². The third kappa shape index (κ3) is 2.91. The van der Waals surface area contributed by atoms with E-state index >= 15 is 0 Å². The average Bonchev–Trinajstić information content (AvgIpc) is 2.40. The van der Waals surface area contributed by atoms with Crippen LogP contribution in [0.1, 0.15) is 10.4 Å². The van der Waals surface area contributed by atoms with Crippen molar-refractivity contribution in [2.45, 2.75) is 5.82 Å². The normalized spacial score (nSPS) is 11.8. The van der Waals surface area contributed by atoms with Crippen LogP contribution in [0.2, 0.25) is 5.82 Å². The van der Waals surface area contributed by atoms with E-state index in [0.29, 0.717) is 10.0 Å². The van der Waals surface area contributed by atoms with E-state index in [4.69, 9.17) is 0 Å². The summed E-state index contributed by atoms with van der Waals surface area (Å²) in [4.78, 5) is 12.1. The van der Waals surface area contributed by atoms with E-state index < -0.39 is 13.8 Å². The topological polar surface area (TPSA) is 46.2 Å². The van der Waals surface area contributed by atoms with Gasteiger partial charge in [0, 0.05) is 0 Å². The van der Waals surface area contributed by atoms with Gasteiger partial charge < -0.3 is 0 Å². The van der Waals surface area contributed by atoms with Crippen molar-refractivity contribution in [1.82, 2.24) is 0 Å². The summed E-state index contributed by atoms with van der Waals surface area (Å²) in [6, 6.07) is 16.2.